The lowest BCUT2D eigenvalue weighted by molar-refractivity contribution is -0.376. The fraction of sp³-hybridized carbons (Fsp3) is 0.120. The van der Waals surface area contributed by atoms with Gasteiger partial charge in [-0.2, -0.15) is 0 Å². The molecule has 1 fully saturated rings. The summed E-state index contributed by atoms with van der Waals surface area (Å²) in [4.78, 5) is 37.4. The molecule has 2 atom stereocenters. The number of rotatable bonds is 3. The van der Waals surface area contributed by atoms with Crippen molar-refractivity contribution in [1.82, 2.24) is 4.90 Å². The van der Waals surface area contributed by atoms with Gasteiger partial charge in [0.05, 0.1) is 0 Å². The standard InChI is InChI=1S/C25H17NO4/c27-24-19-6-2-4-17-3-1-5-18(23(17)19)13-20(24)16-9-7-15(8-10-16)14-26-22-12-11-21(25(26)28)29-30-22/h1-13,21-22H,14H2. The highest BCUT2D eigenvalue weighted by molar-refractivity contribution is 6.38. The summed E-state index contributed by atoms with van der Waals surface area (Å²) < 4.78 is 0. The average Bonchev–Trinajstić information content (AvgIpc) is 2.79. The summed E-state index contributed by atoms with van der Waals surface area (Å²) in [5, 5.41) is 2.09. The van der Waals surface area contributed by atoms with Crippen molar-refractivity contribution in [1.29, 1.82) is 0 Å². The molecule has 3 aliphatic heterocycles. The van der Waals surface area contributed by atoms with Crippen LogP contribution in [-0.2, 0) is 21.1 Å². The van der Waals surface area contributed by atoms with Crippen LogP contribution in [0.3, 0.4) is 0 Å². The Labute approximate surface area is 172 Å². The number of benzene rings is 3. The lowest BCUT2D eigenvalue weighted by Crippen LogP contribution is -2.53. The fourth-order valence-corrected chi connectivity index (χ4v) is 4.36. The third kappa shape index (κ3) is 2.56. The van der Waals surface area contributed by atoms with Crippen molar-refractivity contribution in [2.45, 2.75) is 18.9 Å². The molecule has 3 heterocycles. The van der Waals surface area contributed by atoms with Crippen LogP contribution in [0.4, 0.5) is 0 Å². The van der Waals surface area contributed by atoms with E-state index in [0.29, 0.717) is 12.1 Å². The maximum absolute atomic E-state index is 13.2. The van der Waals surface area contributed by atoms with Crippen LogP contribution in [0.15, 0.2) is 72.8 Å². The molecule has 0 saturated carbocycles. The van der Waals surface area contributed by atoms with Crippen molar-refractivity contribution in [3.8, 4) is 0 Å². The van der Waals surface area contributed by atoms with Gasteiger partial charge in [-0.1, -0.05) is 60.7 Å². The molecule has 2 bridgehead atoms. The van der Waals surface area contributed by atoms with Crippen molar-refractivity contribution in [3.63, 3.8) is 0 Å². The topological polar surface area (TPSA) is 55.8 Å². The number of amides is 1. The molecule has 0 radical (unpaired) electrons. The Morgan fingerprint density at radius 3 is 2.40 bits per heavy atom. The molecule has 4 aliphatic rings. The zero-order valence-corrected chi connectivity index (χ0v) is 15.9. The number of nitrogens with zero attached hydrogens (tertiary/aromatic N) is 1. The van der Waals surface area contributed by atoms with Crippen molar-refractivity contribution in [2.24, 2.45) is 0 Å². The predicted molar refractivity (Wildman–Crippen MR) is 112 cm³/mol. The van der Waals surface area contributed by atoms with E-state index in [4.69, 9.17) is 9.78 Å². The second kappa shape index (κ2) is 6.49. The maximum atomic E-state index is 13.2. The summed E-state index contributed by atoms with van der Waals surface area (Å²) >= 11 is 0. The largest absolute Gasteiger partial charge is 0.304 e. The Bertz CT molecular complexity index is 1270. The number of Topliss-reactive ketones (excluding diaryl/α,β-unsaturated/α-hetero) is 1. The van der Waals surface area contributed by atoms with E-state index in [-0.39, 0.29) is 11.7 Å². The number of ketones is 1. The van der Waals surface area contributed by atoms with Crippen molar-refractivity contribution < 1.29 is 19.4 Å². The van der Waals surface area contributed by atoms with E-state index in [1.54, 1.807) is 11.0 Å². The number of fused-ring (bicyclic) bond motifs is 2. The quantitative estimate of drug-likeness (QED) is 0.494. The van der Waals surface area contributed by atoms with Crippen LogP contribution in [0.2, 0.25) is 0 Å². The van der Waals surface area contributed by atoms with Crippen LogP contribution in [0.25, 0.3) is 22.4 Å². The summed E-state index contributed by atoms with van der Waals surface area (Å²) in [6.07, 6.45) is 4.35. The number of hydrogen-bond acceptors (Lipinski definition) is 4. The molecule has 5 nitrogen and oxygen atoms in total. The van der Waals surface area contributed by atoms with E-state index in [2.05, 4.69) is 0 Å². The lowest BCUT2D eigenvalue weighted by atomic mass is 9.85. The highest BCUT2D eigenvalue weighted by Crippen LogP contribution is 2.35. The van der Waals surface area contributed by atoms with Gasteiger partial charge >= 0.3 is 0 Å². The number of hydrogen-bond donors (Lipinski definition) is 0. The second-order valence-electron chi connectivity index (χ2n) is 7.69. The van der Waals surface area contributed by atoms with Crippen LogP contribution >= 0.6 is 0 Å². The molecule has 5 heteroatoms. The monoisotopic (exact) mass is 395 g/mol. The van der Waals surface area contributed by atoms with Crippen LogP contribution in [0, 0.1) is 0 Å². The zero-order chi connectivity index (χ0) is 20.2. The van der Waals surface area contributed by atoms with E-state index in [1.165, 1.54) is 0 Å². The van der Waals surface area contributed by atoms with Gasteiger partial charge in [-0.25, -0.2) is 9.78 Å². The van der Waals surface area contributed by atoms with E-state index in [0.717, 1.165) is 33.0 Å². The molecular formula is C25H17NO4. The maximum Gasteiger partial charge on any atom is 0.261 e. The summed E-state index contributed by atoms with van der Waals surface area (Å²) in [6.45, 7) is 0.420. The highest BCUT2D eigenvalue weighted by Gasteiger charge is 2.39. The summed E-state index contributed by atoms with van der Waals surface area (Å²) in [6, 6.07) is 19.7. The first-order chi connectivity index (χ1) is 14.7. The van der Waals surface area contributed by atoms with E-state index >= 15 is 0 Å². The molecule has 30 heavy (non-hydrogen) atoms. The molecule has 3 aromatic carbocycles. The average molecular weight is 395 g/mol. The third-order valence-corrected chi connectivity index (χ3v) is 5.89. The van der Waals surface area contributed by atoms with Gasteiger partial charge in [0.2, 0.25) is 0 Å². The van der Waals surface area contributed by atoms with Crippen molar-refractivity contribution in [3.05, 3.63) is 95.1 Å². The molecule has 0 N–H and O–H groups in total. The molecule has 7 rings (SSSR count). The van der Waals surface area contributed by atoms with Crippen LogP contribution < -0.4 is 0 Å². The first-order valence-corrected chi connectivity index (χ1v) is 9.87. The molecule has 3 aromatic rings. The molecule has 0 aromatic heterocycles. The Morgan fingerprint density at radius 2 is 1.67 bits per heavy atom. The predicted octanol–water partition coefficient (Wildman–Crippen LogP) is 4.13. The van der Waals surface area contributed by atoms with Crippen LogP contribution in [0.1, 0.15) is 27.0 Å². The van der Waals surface area contributed by atoms with Crippen molar-refractivity contribution >= 4 is 34.1 Å². The third-order valence-electron chi connectivity index (χ3n) is 5.89. The summed E-state index contributed by atoms with van der Waals surface area (Å²) in [7, 11) is 0. The molecule has 2 unspecified atom stereocenters. The Morgan fingerprint density at radius 1 is 0.867 bits per heavy atom. The number of allylic oxidation sites excluding steroid dienone is 1. The molecule has 1 amide bonds. The minimum Gasteiger partial charge on any atom is -0.304 e. The van der Waals surface area contributed by atoms with Crippen molar-refractivity contribution in [2.75, 3.05) is 0 Å². The Kier molecular flexibility index (Phi) is 3.75. The molecule has 1 saturated heterocycles. The first kappa shape index (κ1) is 17.3. The normalized spacial score (nSPS) is 22.0. The molecular weight excluding hydrogens is 378 g/mol. The smallest absolute Gasteiger partial charge is 0.261 e. The molecule has 1 aliphatic carbocycles. The number of carbonyl (C=O) groups is 2. The lowest BCUT2D eigenvalue weighted by Gasteiger charge is -2.39. The summed E-state index contributed by atoms with van der Waals surface area (Å²) in [5.74, 6) is -0.0704. The van der Waals surface area contributed by atoms with E-state index < -0.39 is 12.3 Å². The Hall–Kier alpha value is -3.54. The van der Waals surface area contributed by atoms with Gasteiger partial charge in [-0.15, -0.1) is 0 Å². The minimum absolute atomic E-state index is 0.0336. The van der Waals surface area contributed by atoms with Gasteiger partial charge in [0, 0.05) is 23.1 Å². The first-order valence-electron chi connectivity index (χ1n) is 9.87. The van der Waals surface area contributed by atoms with E-state index in [9.17, 15) is 9.59 Å². The second-order valence-corrected chi connectivity index (χ2v) is 7.69. The van der Waals surface area contributed by atoms with Gasteiger partial charge in [-0.05, 0) is 40.3 Å². The minimum atomic E-state index is -0.665. The number of carbonyl (C=O) groups excluding carboxylic acids is 2. The highest BCUT2D eigenvalue weighted by atomic mass is 17.2. The molecule has 146 valence electrons. The van der Waals surface area contributed by atoms with Gasteiger partial charge in [0.1, 0.15) is 0 Å². The zero-order valence-electron chi connectivity index (χ0n) is 15.9. The molecule has 0 spiro atoms. The van der Waals surface area contributed by atoms with E-state index in [1.807, 2.05) is 72.8 Å². The van der Waals surface area contributed by atoms with Gasteiger partial charge in [0.15, 0.2) is 18.1 Å². The van der Waals surface area contributed by atoms with Crippen LogP contribution in [0.5, 0.6) is 0 Å². The SMILES string of the molecule is O=C1C(c2ccc(CN3C(=O)C4C=CC3OO4)cc2)=Cc2cccc3cccc1c23. The van der Waals surface area contributed by atoms with Gasteiger partial charge in [-0.3, -0.25) is 9.59 Å². The van der Waals surface area contributed by atoms with Gasteiger partial charge in [0.25, 0.3) is 5.91 Å². The summed E-state index contributed by atoms with van der Waals surface area (Å²) in [5.41, 5.74) is 4.30. The van der Waals surface area contributed by atoms with Crippen LogP contribution in [-0.4, -0.2) is 28.9 Å². The van der Waals surface area contributed by atoms with Gasteiger partial charge < -0.3 is 4.90 Å². The fourth-order valence-electron chi connectivity index (χ4n) is 4.36. The Balaban J connectivity index is 1.31.